The van der Waals surface area contributed by atoms with E-state index >= 15 is 0 Å². The van der Waals surface area contributed by atoms with Crippen molar-refractivity contribution in [1.82, 2.24) is 5.32 Å². The van der Waals surface area contributed by atoms with Crippen molar-refractivity contribution in [2.75, 3.05) is 14.2 Å². The zero-order chi connectivity index (χ0) is 13.4. The van der Waals surface area contributed by atoms with E-state index in [0.717, 1.165) is 16.6 Å². The lowest BCUT2D eigenvalue weighted by Crippen LogP contribution is -2.17. The third kappa shape index (κ3) is 4.62. The van der Waals surface area contributed by atoms with Crippen LogP contribution in [0, 0.1) is 0 Å². The molecule has 3 heteroatoms. The highest BCUT2D eigenvalue weighted by Gasteiger charge is 2.14. The molecule has 0 saturated heterocycles. The molecule has 0 aliphatic heterocycles. The summed E-state index contributed by atoms with van der Waals surface area (Å²) in [6, 6.07) is 6.63. The molecule has 0 aliphatic rings. The molecule has 0 heterocycles. The molecule has 0 aromatic heterocycles. The Kier molecular flexibility index (Phi) is 7.36. The van der Waals surface area contributed by atoms with E-state index in [1.165, 1.54) is 31.2 Å². The Bertz CT molecular complexity index is 354. The molecule has 0 aliphatic carbocycles. The number of methoxy groups -OCH3 is 1. The van der Waals surface area contributed by atoms with Crippen LogP contribution in [0.15, 0.2) is 22.7 Å². The monoisotopic (exact) mass is 313 g/mol. The molecule has 0 spiro atoms. The van der Waals surface area contributed by atoms with Crippen LogP contribution in [0.2, 0.25) is 0 Å². The van der Waals surface area contributed by atoms with Crippen LogP contribution in [0.5, 0.6) is 5.75 Å². The topological polar surface area (TPSA) is 21.3 Å². The van der Waals surface area contributed by atoms with Gasteiger partial charge in [0.15, 0.2) is 0 Å². The van der Waals surface area contributed by atoms with Gasteiger partial charge in [0.05, 0.1) is 7.11 Å². The van der Waals surface area contributed by atoms with Crippen LogP contribution in [0.4, 0.5) is 0 Å². The smallest absolute Gasteiger partial charge is 0.124 e. The Labute approximate surface area is 119 Å². The lowest BCUT2D eigenvalue weighted by atomic mass is 9.99. The van der Waals surface area contributed by atoms with Crippen molar-refractivity contribution in [2.45, 2.75) is 45.1 Å². The van der Waals surface area contributed by atoms with Gasteiger partial charge in [-0.05, 0) is 25.6 Å². The Morgan fingerprint density at radius 2 is 2.06 bits per heavy atom. The summed E-state index contributed by atoms with van der Waals surface area (Å²) in [6.45, 7) is 2.24. The molecule has 2 nitrogen and oxygen atoms in total. The van der Waals surface area contributed by atoms with E-state index in [2.05, 4.69) is 40.3 Å². The van der Waals surface area contributed by atoms with Crippen molar-refractivity contribution in [2.24, 2.45) is 0 Å². The van der Waals surface area contributed by atoms with Crippen molar-refractivity contribution >= 4 is 15.9 Å². The number of nitrogens with one attached hydrogen (secondary N) is 1. The number of benzene rings is 1. The van der Waals surface area contributed by atoms with Crippen LogP contribution in [-0.2, 0) is 0 Å². The average molecular weight is 314 g/mol. The highest BCUT2D eigenvalue weighted by atomic mass is 79.9. The summed E-state index contributed by atoms with van der Waals surface area (Å²) < 4.78 is 6.53. The van der Waals surface area contributed by atoms with E-state index in [1.54, 1.807) is 7.11 Å². The fraction of sp³-hybridized carbons (Fsp3) is 0.600. The van der Waals surface area contributed by atoms with Gasteiger partial charge >= 0.3 is 0 Å². The number of hydrogen-bond donors (Lipinski definition) is 1. The fourth-order valence-electron chi connectivity index (χ4n) is 2.20. The van der Waals surface area contributed by atoms with Crippen molar-refractivity contribution < 1.29 is 4.74 Å². The molecular formula is C15H24BrNO. The molecule has 1 unspecified atom stereocenters. The molecule has 18 heavy (non-hydrogen) atoms. The molecule has 1 N–H and O–H groups in total. The van der Waals surface area contributed by atoms with Crippen molar-refractivity contribution in [3.05, 3.63) is 28.2 Å². The Morgan fingerprint density at radius 3 is 2.67 bits per heavy atom. The standard InChI is InChI=1S/C15H24BrNO/c1-4-5-6-7-8-14(17-2)13-10-9-12(16)11-15(13)18-3/h9-11,14,17H,4-8H2,1-3H3. The number of halogens is 1. The number of rotatable bonds is 8. The highest BCUT2D eigenvalue weighted by Crippen LogP contribution is 2.31. The summed E-state index contributed by atoms with van der Waals surface area (Å²) >= 11 is 3.48. The maximum atomic E-state index is 5.47. The minimum atomic E-state index is 0.380. The number of unbranched alkanes of at least 4 members (excludes halogenated alkanes) is 3. The first-order valence-electron chi connectivity index (χ1n) is 6.73. The molecular weight excluding hydrogens is 290 g/mol. The molecule has 1 aromatic rings. The van der Waals surface area contributed by atoms with E-state index in [-0.39, 0.29) is 0 Å². The summed E-state index contributed by atoms with van der Waals surface area (Å²) in [4.78, 5) is 0. The Balaban J connectivity index is 2.69. The van der Waals surface area contributed by atoms with E-state index in [0.29, 0.717) is 6.04 Å². The molecule has 0 radical (unpaired) electrons. The van der Waals surface area contributed by atoms with Gasteiger partial charge in [0, 0.05) is 16.1 Å². The van der Waals surface area contributed by atoms with Gasteiger partial charge in [-0.2, -0.15) is 0 Å². The lowest BCUT2D eigenvalue weighted by molar-refractivity contribution is 0.396. The van der Waals surface area contributed by atoms with E-state index in [1.807, 2.05) is 13.1 Å². The van der Waals surface area contributed by atoms with Crippen LogP contribution in [-0.4, -0.2) is 14.2 Å². The van der Waals surface area contributed by atoms with Gasteiger partial charge in [-0.15, -0.1) is 0 Å². The predicted molar refractivity (Wildman–Crippen MR) is 81.3 cm³/mol. The van der Waals surface area contributed by atoms with Gasteiger partial charge in [-0.1, -0.05) is 54.6 Å². The van der Waals surface area contributed by atoms with E-state index in [9.17, 15) is 0 Å². The van der Waals surface area contributed by atoms with Gasteiger partial charge in [0.1, 0.15) is 5.75 Å². The molecule has 1 atom stereocenters. The molecule has 0 fully saturated rings. The van der Waals surface area contributed by atoms with Crippen molar-refractivity contribution in [1.29, 1.82) is 0 Å². The van der Waals surface area contributed by atoms with Gasteiger partial charge in [0.25, 0.3) is 0 Å². The third-order valence-electron chi connectivity index (χ3n) is 3.27. The predicted octanol–water partition coefficient (Wildman–Crippen LogP) is 4.69. The lowest BCUT2D eigenvalue weighted by Gasteiger charge is -2.19. The fourth-order valence-corrected chi connectivity index (χ4v) is 2.54. The molecule has 1 aromatic carbocycles. The quantitative estimate of drug-likeness (QED) is 0.703. The van der Waals surface area contributed by atoms with Gasteiger partial charge < -0.3 is 10.1 Å². The summed E-state index contributed by atoms with van der Waals surface area (Å²) in [6.07, 6.45) is 6.35. The van der Waals surface area contributed by atoms with Crippen molar-refractivity contribution in [3.8, 4) is 5.75 Å². The highest BCUT2D eigenvalue weighted by molar-refractivity contribution is 9.10. The first-order chi connectivity index (χ1) is 8.72. The summed E-state index contributed by atoms with van der Waals surface area (Å²) in [7, 11) is 3.75. The minimum Gasteiger partial charge on any atom is -0.496 e. The van der Waals surface area contributed by atoms with Gasteiger partial charge in [-0.25, -0.2) is 0 Å². The molecule has 0 saturated carbocycles. The van der Waals surface area contributed by atoms with Crippen LogP contribution < -0.4 is 10.1 Å². The summed E-state index contributed by atoms with van der Waals surface area (Å²) in [5, 5.41) is 3.39. The zero-order valence-electron chi connectivity index (χ0n) is 11.6. The van der Waals surface area contributed by atoms with Crippen LogP contribution >= 0.6 is 15.9 Å². The molecule has 0 bridgehead atoms. The maximum absolute atomic E-state index is 5.47. The maximum Gasteiger partial charge on any atom is 0.124 e. The Hall–Kier alpha value is -0.540. The SMILES string of the molecule is CCCCCCC(NC)c1ccc(Br)cc1OC. The second-order valence-corrected chi connectivity index (χ2v) is 5.49. The van der Waals surface area contributed by atoms with Crippen LogP contribution in [0.1, 0.15) is 50.6 Å². The summed E-state index contributed by atoms with van der Waals surface area (Å²) in [5.41, 5.74) is 1.25. The second-order valence-electron chi connectivity index (χ2n) is 4.58. The average Bonchev–Trinajstić information content (AvgIpc) is 2.39. The number of ether oxygens (including phenoxy) is 1. The van der Waals surface area contributed by atoms with Gasteiger partial charge in [-0.3, -0.25) is 0 Å². The first kappa shape index (κ1) is 15.5. The molecule has 102 valence electrons. The normalized spacial score (nSPS) is 12.4. The van der Waals surface area contributed by atoms with Crippen LogP contribution in [0.3, 0.4) is 0 Å². The van der Waals surface area contributed by atoms with E-state index in [4.69, 9.17) is 4.74 Å². The number of hydrogen-bond acceptors (Lipinski definition) is 2. The zero-order valence-corrected chi connectivity index (χ0v) is 13.2. The molecule has 1 rings (SSSR count). The molecule has 0 amide bonds. The Morgan fingerprint density at radius 1 is 1.28 bits per heavy atom. The second kappa shape index (κ2) is 8.54. The van der Waals surface area contributed by atoms with Crippen LogP contribution in [0.25, 0.3) is 0 Å². The third-order valence-corrected chi connectivity index (χ3v) is 3.76. The largest absolute Gasteiger partial charge is 0.496 e. The van der Waals surface area contributed by atoms with Gasteiger partial charge in [0.2, 0.25) is 0 Å². The summed E-state index contributed by atoms with van der Waals surface area (Å²) in [5.74, 6) is 0.958. The minimum absolute atomic E-state index is 0.380. The van der Waals surface area contributed by atoms with Crippen molar-refractivity contribution in [3.63, 3.8) is 0 Å². The first-order valence-corrected chi connectivity index (χ1v) is 7.53. The van der Waals surface area contributed by atoms with E-state index < -0.39 is 0 Å².